The van der Waals surface area contributed by atoms with E-state index in [-0.39, 0.29) is 18.1 Å². The Labute approximate surface area is 110 Å². The summed E-state index contributed by atoms with van der Waals surface area (Å²) in [6.07, 6.45) is 5.76. The van der Waals surface area contributed by atoms with Crippen molar-refractivity contribution in [3.63, 3.8) is 0 Å². The lowest BCUT2D eigenvalue weighted by molar-refractivity contribution is -0.130. The highest BCUT2D eigenvalue weighted by Gasteiger charge is 2.16. The number of hydrogen-bond donors (Lipinski definition) is 2. The maximum atomic E-state index is 11.9. The molecule has 0 saturated carbocycles. The first-order valence-electron chi connectivity index (χ1n) is 6.24. The van der Waals surface area contributed by atoms with E-state index in [0.717, 1.165) is 32.1 Å². The van der Waals surface area contributed by atoms with Crippen molar-refractivity contribution in [2.45, 2.75) is 19.3 Å². The third-order valence-electron chi connectivity index (χ3n) is 3.00. The van der Waals surface area contributed by atoms with E-state index in [9.17, 15) is 9.59 Å². The molecule has 0 radical (unpaired) electrons. The van der Waals surface area contributed by atoms with E-state index in [2.05, 4.69) is 15.3 Å². The minimum atomic E-state index is -1.12. The summed E-state index contributed by atoms with van der Waals surface area (Å²) >= 11 is 0. The predicted octanol–water partition coefficient (Wildman–Crippen LogP) is 0.599. The number of nitrogens with one attached hydrogen (secondary N) is 1. The third-order valence-corrected chi connectivity index (χ3v) is 3.00. The predicted molar refractivity (Wildman–Crippen MR) is 67.9 cm³/mol. The maximum absolute atomic E-state index is 11.9. The molecule has 0 unspecified atom stereocenters. The van der Waals surface area contributed by atoms with Crippen molar-refractivity contribution in [3.8, 4) is 0 Å². The SMILES string of the molecule is O=C(O)c1cnc(NCC(=O)N2CCCCC2)cn1. The molecule has 1 aliphatic heterocycles. The van der Waals surface area contributed by atoms with Crippen molar-refractivity contribution in [1.29, 1.82) is 0 Å². The number of carbonyl (C=O) groups is 2. The Kier molecular flexibility index (Phi) is 4.27. The molecule has 7 nitrogen and oxygen atoms in total. The molecule has 1 aromatic rings. The molecule has 0 aromatic carbocycles. The van der Waals surface area contributed by atoms with Gasteiger partial charge in [-0.15, -0.1) is 0 Å². The largest absolute Gasteiger partial charge is 0.476 e. The van der Waals surface area contributed by atoms with E-state index < -0.39 is 5.97 Å². The number of nitrogens with zero attached hydrogens (tertiary/aromatic N) is 3. The van der Waals surface area contributed by atoms with Crippen LogP contribution in [0.5, 0.6) is 0 Å². The number of piperidine rings is 1. The Hall–Kier alpha value is -2.18. The van der Waals surface area contributed by atoms with Crippen molar-refractivity contribution in [1.82, 2.24) is 14.9 Å². The second-order valence-electron chi connectivity index (χ2n) is 4.39. The molecule has 7 heteroatoms. The number of carboxylic acids is 1. The van der Waals surface area contributed by atoms with Crippen LogP contribution in [-0.4, -0.2) is 51.5 Å². The van der Waals surface area contributed by atoms with Gasteiger partial charge in [-0.1, -0.05) is 0 Å². The van der Waals surface area contributed by atoms with Gasteiger partial charge >= 0.3 is 5.97 Å². The summed E-state index contributed by atoms with van der Waals surface area (Å²) in [5.74, 6) is -0.692. The van der Waals surface area contributed by atoms with Gasteiger partial charge in [0.15, 0.2) is 5.69 Å². The number of likely N-dealkylation sites (tertiary alicyclic amines) is 1. The van der Waals surface area contributed by atoms with Gasteiger partial charge in [0.25, 0.3) is 0 Å². The van der Waals surface area contributed by atoms with Crippen molar-refractivity contribution >= 4 is 17.7 Å². The summed E-state index contributed by atoms with van der Waals surface area (Å²) in [4.78, 5) is 31.9. The topological polar surface area (TPSA) is 95.4 Å². The number of anilines is 1. The minimum Gasteiger partial charge on any atom is -0.476 e. The molecular weight excluding hydrogens is 248 g/mol. The highest BCUT2D eigenvalue weighted by molar-refractivity contribution is 5.85. The summed E-state index contributed by atoms with van der Waals surface area (Å²) in [5, 5.41) is 11.5. The van der Waals surface area contributed by atoms with Crippen molar-refractivity contribution < 1.29 is 14.7 Å². The number of hydrogen-bond acceptors (Lipinski definition) is 5. The van der Waals surface area contributed by atoms with Crippen LogP contribution >= 0.6 is 0 Å². The average molecular weight is 264 g/mol. The highest BCUT2D eigenvalue weighted by atomic mass is 16.4. The Morgan fingerprint density at radius 3 is 2.53 bits per heavy atom. The second kappa shape index (κ2) is 6.12. The van der Waals surface area contributed by atoms with Crippen molar-refractivity contribution in [2.24, 2.45) is 0 Å². The molecule has 0 atom stereocenters. The van der Waals surface area contributed by atoms with Gasteiger partial charge < -0.3 is 15.3 Å². The lowest BCUT2D eigenvalue weighted by Gasteiger charge is -2.26. The Bertz CT molecular complexity index is 455. The Morgan fingerprint density at radius 1 is 1.21 bits per heavy atom. The number of carboxylic acid groups (broad SMARTS) is 1. The van der Waals surface area contributed by atoms with Crippen LogP contribution in [0, 0.1) is 0 Å². The van der Waals surface area contributed by atoms with Crippen LogP contribution in [-0.2, 0) is 4.79 Å². The fourth-order valence-electron chi connectivity index (χ4n) is 1.95. The van der Waals surface area contributed by atoms with Crippen LogP contribution in [0.3, 0.4) is 0 Å². The van der Waals surface area contributed by atoms with Crippen LogP contribution in [0.1, 0.15) is 29.8 Å². The number of aromatic carboxylic acids is 1. The van der Waals surface area contributed by atoms with E-state index in [1.165, 1.54) is 12.6 Å². The first kappa shape index (κ1) is 13.3. The van der Waals surface area contributed by atoms with Crippen molar-refractivity contribution in [2.75, 3.05) is 25.0 Å². The fourth-order valence-corrected chi connectivity index (χ4v) is 1.95. The number of carbonyl (C=O) groups excluding carboxylic acids is 1. The zero-order chi connectivity index (χ0) is 13.7. The number of rotatable bonds is 4. The Morgan fingerprint density at radius 2 is 1.95 bits per heavy atom. The van der Waals surface area contributed by atoms with Gasteiger partial charge in [-0.05, 0) is 19.3 Å². The van der Waals surface area contributed by atoms with Gasteiger partial charge in [0.2, 0.25) is 5.91 Å². The summed E-state index contributed by atoms with van der Waals surface area (Å²) in [7, 11) is 0. The second-order valence-corrected chi connectivity index (χ2v) is 4.39. The van der Waals surface area contributed by atoms with Crippen LogP contribution < -0.4 is 5.32 Å². The molecule has 2 N–H and O–H groups in total. The van der Waals surface area contributed by atoms with E-state index in [1.807, 2.05) is 4.90 Å². The standard InChI is InChI=1S/C12H16N4O3/c17-11(16-4-2-1-3-5-16)8-15-10-7-13-9(6-14-10)12(18)19/h6-7H,1-5,8H2,(H,14,15)(H,18,19). The van der Waals surface area contributed by atoms with Gasteiger partial charge in [0.1, 0.15) is 5.82 Å². The molecule has 0 spiro atoms. The molecule has 1 aromatic heterocycles. The van der Waals surface area contributed by atoms with Gasteiger partial charge in [-0.3, -0.25) is 4.79 Å². The van der Waals surface area contributed by atoms with Crippen LogP contribution in [0.25, 0.3) is 0 Å². The van der Waals surface area contributed by atoms with Gasteiger partial charge in [-0.2, -0.15) is 0 Å². The third kappa shape index (κ3) is 3.64. The van der Waals surface area contributed by atoms with Gasteiger partial charge in [0.05, 0.1) is 18.9 Å². The minimum absolute atomic E-state index is 0.0313. The lowest BCUT2D eigenvalue weighted by atomic mass is 10.1. The van der Waals surface area contributed by atoms with Gasteiger partial charge in [0, 0.05) is 13.1 Å². The Balaban J connectivity index is 1.84. The van der Waals surface area contributed by atoms with Crippen LogP contribution in [0.2, 0.25) is 0 Å². The lowest BCUT2D eigenvalue weighted by Crippen LogP contribution is -2.39. The highest BCUT2D eigenvalue weighted by Crippen LogP contribution is 2.09. The van der Waals surface area contributed by atoms with Crippen molar-refractivity contribution in [3.05, 3.63) is 18.1 Å². The van der Waals surface area contributed by atoms with E-state index in [4.69, 9.17) is 5.11 Å². The summed E-state index contributed by atoms with van der Waals surface area (Å²) < 4.78 is 0. The van der Waals surface area contributed by atoms with Crippen LogP contribution in [0.4, 0.5) is 5.82 Å². The first-order chi connectivity index (χ1) is 9.16. The summed E-state index contributed by atoms with van der Waals surface area (Å²) in [5.41, 5.74) is -0.118. The normalized spacial score (nSPS) is 15.1. The molecule has 2 heterocycles. The summed E-state index contributed by atoms with van der Waals surface area (Å²) in [6, 6.07) is 0. The smallest absolute Gasteiger partial charge is 0.356 e. The molecule has 0 bridgehead atoms. The molecular formula is C12H16N4O3. The molecule has 1 aliphatic rings. The van der Waals surface area contributed by atoms with Gasteiger partial charge in [-0.25, -0.2) is 14.8 Å². The molecule has 2 rings (SSSR count). The molecule has 1 fully saturated rings. The number of aromatic nitrogens is 2. The first-order valence-corrected chi connectivity index (χ1v) is 6.24. The van der Waals surface area contributed by atoms with E-state index in [1.54, 1.807) is 0 Å². The molecule has 0 aliphatic carbocycles. The zero-order valence-corrected chi connectivity index (χ0v) is 10.5. The van der Waals surface area contributed by atoms with E-state index >= 15 is 0 Å². The number of amides is 1. The van der Waals surface area contributed by atoms with Crippen LogP contribution in [0.15, 0.2) is 12.4 Å². The van der Waals surface area contributed by atoms with E-state index in [0.29, 0.717) is 5.82 Å². The monoisotopic (exact) mass is 264 g/mol. The maximum Gasteiger partial charge on any atom is 0.356 e. The molecule has 19 heavy (non-hydrogen) atoms. The molecule has 1 saturated heterocycles. The fraction of sp³-hybridized carbons (Fsp3) is 0.500. The molecule has 1 amide bonds. The molecule has 102 valence electrons. The summed E-state index contributed by atoms with van der Waals surface area (Å²) in [6.45, 7) is 1.77. The zero-order valence-electron chi connectivity index (χ0n) is 10.5. The average Bonchev–Trinajstić information content (AvgIpc) is 2.46. The quantitative estimate of drug-likeness (QED) is 0.826.